The van der Waals surface area contributed by atoms with Gasteiger partial charge in [0.25, 0.3) is 5.91 Å². The molecule has 0 spiro atoms. The van der Waals surface area contributed by atoms with Crippen LogP contribution in [0.15, 0.2) is 63.8 Å². The van der Waals surface area contributed by atoms with E-state index in [0.717, 1.165) is 22.4 Å². The van der Waals surface area contributed by atoms with Crippen LogP contribution in [-0.2, 0) is 6.42 Å². The summed E-state index contributed by atoms with van der Waals surface area (Å²) < 4.78 is 16.7. The molecule has 5 rings (SSSR count). The van der Waals surface area contributed by atoms with Gasteiger partial charge in [-0.05, 0) is 72.9 Å². The number of hydrogen-bond donors (Lipinski definition) is 1. The van der Waals surface area contributed by atoms with Crippen LogP contribution in [0, 0.1) is 13.8 Å². The molecule has 0 saturated heterocycles. The summed E-state index contributed by atoms with van der Waals surface area (Å²) in [5.41, 5.74) is 3.92. The molecule has 7 nitrogen and oxygen atoms in total. The third-order valence-electron chi connectivity index (χ3n) is 6.73. The average Bonchev–Trinajstić information content (AvgIpc) is 3.14. The Morgan fingerprint density at radius 2 is 1.72 bits per heavy atom. The lowest BCUT2D eigenvalue weighted by molar-refractivity contribution is 0.0730. The fourth-order valence-electron chi connectivity index (χ4n) is 5.00. The maximum Gasteiger partial charge on any atom is 0.290 e. The summed E-state index contributed by atoms with van der Waals surface area (Å²) in [5, 5.41) is 10.6. The van der Waals surface area contributed by atoms with Gasteiger partial charge in [-0.25, -0.2) is 0 Å². The van der Waals surface area contributed by atoms with E-state index in [0.29, 0.717) is 35.1 Å². The number of phenols is 1. The molecule has 0 saturated carbocycles. The molecule has 0 radical (unpaired) electrons. The van der Waals surface area contributed by atoms with Crippen molar-refractivity contribution >= 4 is 16.9 Å². The second kappa shape index (κ2) is 9.07. The highest BCUT2D eigenvalue weighted by atomic mass is 16.5. The predicted octanol–water partition coefficient (Wildman–Crippen LogP) is 4.92. The van der Waals surface area contributed by atoms with Crippen molar-refractivity contribution in [2.75, 3.05) is 20.8 Å². The first-order valence-corrected chi connectivity index (χ1v) is 11.7. The van der Waals surface area contributed by atoms with Crippen LogP contribution in [-0.4, -0.2) is 36.7 Å². The Labute approximate surface area is 208 Å². The van der Waals surface area contributed by atoms with Gasteiger partial charge in [-0.15, -0.1) is 0 Å². The van der Waals surface area contributed by atoms with Crippen LogP contribution in [0.25, 0.3) is 11.0 Å². The van der Waals surface area contributed by atoms with Crippen LogP contribution in [0.3, 0.4) is 0 Å². The molecule has 0 fully saturated rings. The number of amides is 1. The smallest absolute Gasteiger partial charge is 0.290 e. The molecule has 2 heterocycles. The van der Waals surface area contributed by atoms with Gasteiger partial charge < -0.3 is 23.9 Å². The van der Waals surface area contributed by atoms with E-state index in [1.165, 1.54) is 13.2 Å². The number of ether oxygens (including phenoxy) is 2. The van der Waals surface area contributed by atoms with Crippen molar-refractivity contribution in [3.05, 3.63) is 98.4 Å². The molecule has 0 bridgehead atoms. The molecule has 3 aromatic carbocycles. The van der Waals surface area contributed by atoms with E-state index in [-0.39, 0.29) is 28.6 Å². The highest BCUT2D eigenvalue weighted by molar-refractivity contribution is 5.99. The van der Waals surface area contributed by atoms with Gasteiger partial charge in [0.05, 0.1) is 31.2 Å². The lowest BCUT2D eigenvalue weighted by Gasteiger charge is -2.25. The van der Waals surface area contributed by atoms with Crippen LogP contribution < -0.4 is 14.9 Å². The Balaban J connectivity index is 1.65. The molecule has 1 atom stereocenters. The number of nitrogens with zero attached hydrogens (tertiary/aromatic N) is 1. The molecule has 4 aromatic rings. The van der Waals surface area contributed by atoms with Gasteiger partial charge in [-0.1, -0.05) is 24.3 Å². The van der Waals surface area contributed by atoms with E-state index < -0.39 is 6.04 Å². The van der Waals surface area contributed by atoms with Crippen molar-refractivity contribution in [2.24, 2.45) is 0 Å². The Morgan fingerprint density at radius 1 is 0.972 bits per heavy atom. The molecule has 0 aliphatic carbocycles. The summed E-state index contributed by atoms with van der Waals surface area (Å²) in [6, 6.07) is 15.6. The molecule has 184 valence electrons. The highest BCUT2D eigenvalue weighted by Gasteiger charge is 2.43. The number of hydrogen-bond acceptors (Lipinski definition) is 6. The first kappa shape index (κ1) is 23.5. The lowest BCUT2D eigenvalue weighted by atomic mass is 9.96. The minimum atomic E-state index is -0.679. The maximum atomic E-state index is 13.9. The number of rotatable bonds is 6. The summed E-state index contributed by atoms with van der Waals surface area (Å²) in [7, 11) is 3.07. The standard InChI is InChI=1S/C29H27NO6/c1-16-13-17(2)24-23(14-16)36-28-25(27(24)32)26(19-7-10-21(31)22(15-19)35-4)30(29(28)33)12-11-18-5-8-20(34-3)9-6-18/h5-10,13-15,26,31H,11-12H2,1-4H3/t26-/m0/s1. The Kier molecular flexibility index (Phi) is 5.92. The van der Waals surface area contributed by atoms with Crippen molar-refractivity contribution in [3.63, 3.8) is 0 Å². The second-order valence-electron chi connectivity index (χ2n) is 9.06. The minimum absolute atomic E-state index is 0.0209. The number of methoxy groups -OCH3 is 2. The molecule has 7 heteroatoms. The highest BCUT2D eigenvalue weighted by Crippen LogP contribution is 2.41. The van der Waals surface area contributed by atoms with E-state index in [2.05, 4.69) is 0 Å². The number of aryl methyl sites for hydroxylation is 2. The first-order chi connectivity index (χ1) is 17.3. The Bertz CT molecular complexity index is 1540. The SMILES string of the molecule is COc1ccc(CCN2C(=O)c3oc4cc(C)cc(C)c4c(=O)c3[C@@H]2c2ccc(O)c(OC)c2)cc1. The van der Waals surface area contributed by atoms with E-state index in [1.54, 1.807) is 30.2 Å². The first-order valence-electron chi connectivity index (χ1n) is 11.7. The van der Waals surface area contributed by atoms with E-state index in [1.807, 2.05) is 44.2 Å². The normalized spacial score (nSPS) is 14.8. The number of fused-ring (bicyclic) bond motifs is 2. The van der Waals surface area contributed by atoms with Crippen molar-refractivity contribution < 1.29 is 23.8 Å². The minimum Gasteiger partial charge on any atom is -0.504 e. The fraction of sp³-hybridized carbons (Fsp3) is 0.241. The van der Waals surface area contributed by atoms with E-state index in [4.69, 9.17) is 13.9 Å². The van der Waals surface area contributed by atoms with Gasteiger partial charge in [0, 0.05) is 6.54 Å². The zero-order valence-corrected chi connectivity index (χ0v) is 20.6. The van der Waals surface area contributed by atoms with E-state index in [9.17, 15) is 14.7 Å². The molecule has 0 unspecified atom stereocenters. The molecule has 1 aliphatic rings. The molecular weight excluding hydrogens is 458 g/mol. The van der Waals surface area contributed by atoms with Gasteiger partial charge in [0.15, 0.2) is 16.9 Å². The van der Waals surface area contributed by atoms with Crippen LogP contribution in [0.5, 0.6) is 17.2 Å². The zero-order chi connectivity index (χ0) is 25.6. The van der Waals surface area contributed by atoms with Crippen LogP contribution in [0.2, 0.25) is 0 Å². The van der Waals surface area contributed by atoms with Crippen molar-refractivity contribution in [1.29, 1.82) is 0 Å². The Morgan fingerprint density at radius 3 is 2.42 bits per heavy atom. The van der Waals surface area contributed by atoms with Crippen molar-refractivity contribution in [2.45, 2.75) is 26.3 Å². The summed E-state index contributed by atoms with van der Waals surface area (Å²) in [4.78, 5) is 29.2. The number of benzene rings is 3. The second-order valence-corrected chi connectivity index (χ2v) is 9.06. The predicted molar refractivity (Wildman–Crippen MR) is 136 cm³/mol. The molecule has 1 aliphatic heterocycles. The Hall–Kier alpha value is -4.26. The summed E-state index contributed by atoms with van der Waals surface area (Å²) in [6.07, 6.45) is 0.571. The molecule has 1 amide bonds. The van der Waals surface area contributed by atoms with Gasteiger partial charge in [0.1, 0.15) is 11.3 Å². The molecule has 36 heavy (non-hydrogen) atoms. The lowest BCUT2D eigenvalue weighted by Crippen LogP contribution is -2.31. The zero-order valence-electron chi connectivity index (χ0n) is 20.6. The molecule has 1 aromatic heterocycles. The third-order valence-corrected chi connectivity index (χ3v) is 6.73. The molecular formula is C29H27NO6. The van der Waals surface area contributed by atoms with Crippen LogP contribution >= 0.6 is 0 Å². The van der Waals surface area contributed by atoms with E-state index >= 15 is 0 Å². The van der Waals surface area contributed by atoms with Gasteiger partial charge in [-0.2, -0.15) is 0 Å². The summed E-state index contributed by atoms with van der Waals surface area (Å²) in [6.45, 7) is 4.15. The summed E-state index contributed by atoms with van der Waals surface area (Å²) >= 11 is 0. The van der Waals surface area contributed by atoms with Gasteiger partial charge in [0.2, 0.25) is 5.76 Å². The monoisotopic (exact) mass is 485 g/mol. The van der Waals surface area contributed by atoms with Gasteiger partial charge >= 0.3 is 0 Å². The summed E-state index contributed by atoms with van der Waals surface area (Å²) in [5.74, 6) is 0.718. The van der Waals surface area contributed by atoms with Gasteiger partial charge in [-0.3, -0.25) is 9.59 Å². The quantitative estimate of drug-likeness (QED) is 0.417. The van der Waals surface area contributed by atoms with Crippen LogP contribution in [0.4, 0.5) is 0 Å². The van der Waals surface area contributed by atoms with Crippen molar-refractivity contribution in [1.82, 2.24) is 4.90 Å². The molecule has 1 N–H and O–H groups in total. The number of aromatic hydroxyl groups is 1. The fourth-order valence-corrected chi connectivity index (χ4v) is 5.00. The maximum absolute atomic E-state index is 13.9. The third kappa shape index (κ3) is 3.86. The number of carbonyl (C=O) groups excluding carboxylic acids is 1. The number of carbonyl (C=O) groups is 1. The number of phenolic OH excluding ortho intramolecular Hbond substituents is 1. The van der Waals surface area contributed by atoms with Crippen molar-refractivity contribution in [3.8, 4) is 17.2 Å². The average molecular weight is 486 g/mol. The largest absolute Gasteiger partial charge is 0.504 e. The topological polar surface area (TPSA) is 89.2 Å². The van der Waals surface area contributed by atoms with Crippen LogP contribution in [0.1, 0.15) is 44.4 Å².